The maximum Gasteiger partial charge on any atom is 0.316 e. The third kappa shape index (κ3) is 4.70. The summed E-state index contributed by atoms with van der Waals surface area (Å²) in [4.78, 5) is 11.7. The molecule has 0 fully saturated rings. The number of rotatable bonds is 7. The van der Waals surface area contributed by atoms with Crippen LogP contribution in [-0.4, -0.2) is 34.7 Å². The number of amides is 1. The Balaban J connectivity index is 2.46. The molecular formula is C11H21N5O2. The first-order valence-corrected chi connectivity index (χ1v) is 6.13. The van der Waals surface area contributed by atoms with E-state index in [2.05, 4.69) is 26.1 Å². The van der Waals surface area contributed by atoms with Gasteiger partial charge in [-0.15, -0.1) is 5.10 Å². The molecule has 1 atom stereocenters. The van der Waals surface area contributed by atoms with Crippen LogP contribution >= 0.6 is 0 Å². The zero-order valence-corrected chi connectivity index (χ0v) is 11.3. The summed E-state index contributed by atoms with van der Waals surface area (Å²) in [6.45, 7) is 8.91. The predicted octanol–water partition coefficient (Wildman–Crippen LogP) is 0.504. The van der Waals surface area contributed by atoms with Gasteiger partial charge in [0.05, 0.1) is 6.54 Å². The highest BCUT2D eigenvalue weighted by molar-refractivity contribution is 5.83. The fourth-order valence-electron chi connectivity index (χ4n) is 1.28. The Bertz CT molecular complexity index is 377. The van der Waals surface area contributed by atoms with Crippen molar-refractivity contribution in [3.8, 4) is 0 Å². The second-order valence-corrected chi connectivity index (χ2v) is 4.31. The van der Waals surface area contributed by atoms with Crippen molar-refractivity contribution < 1.29 is 9.21 Å². The Kier molecular flexibility index (Phi) is 5.57. The lowest BCUT2D eigenvalue weighted by molar-refractivity contribution is -0.122. The van der Waals surface area contributed by atoms with Crippen molar-refractivity contribution in [2.24, 2.45) is 0 Å². The van der Waals surface area contributed by atoms with Gasteiger partial charge in [-0.25, -0.2) is 0 Å². The molecule has 1 aromatic heterocycles. The van der Waals surface area contributed by atoms with Crippen LogP contribution in [0.25, 0.3) is 0 Å². The lowest BCUT2D eigenvalue weighted by Crippen LogP contribution is -2.41. The van der Waals surface area contributed by atoms with Gasteiger partial charge in [-0.2, -0.15) is 0 Å². The molecule has 0 aliphatic carbocycles. The zero-order valence-electron chi connectivity index (χ0n) is 11.3. The van der Waals surface area contributed by atoms with Gasteiger partial charge in [-0.1, -0.05) is 12.0 Å². The van der Waals surface area contributed by atoms with Crippen LogP contribution in [0.5, 0.6) is 0 Å². The second kappa shape index (κ2) is 6.95. The standard InChI is InChI=1S/C11H21N5O2/c1-5-12-6-9-15-16-11(18-9)14-8(4)10(17)13-7(2)3/h7-8,12H,5-6H2,1-4H3,(H,13,17)(H,14,16). The fourth-order valence-corrected chi connectivity index (χ4v) is 1.28. The Morgan fingerprint density at radius 2 is 2.06 bits per heavy atom. The minimum absolute atomic E-state index is 0.101. The predicted molar refractivity (Wildman–Crippen MR) is 68.0 cm³/mol. The van der Waals surface area contributed by atoms with Crippen molar-refractivity contribution in [1.82, 2.24) is 20.8 Å². The van der Waals surface area contributed by atoms with Gasteiger partial charge in [0, 0.05) is 6.04 Å². The summed E-state index contributed by atoms with van der Waals surface area (Å²) in [7, 11) is 0. The Morgan fingerprint density at radius 1 is 1.33 bits per heavy atom. The minimum Gasteiger partial charge on any atom is -0.407 e. The molecule has 0 saturated heterocycles. The van der Waals surface area contributed by atoms with Gasteiger partial charge in [-0.05, 0) is 27.3 Å². The first kappa shape index (κ1) is 14.4. The first-order chi connectivity index (χ1) is 8.52. The van der Waals surface area contributed by atoms with Gasteiger partial charge < -0.3 is 20.4 Å². The summed E-state index contributed by atoms with van der Waals surface area (Å²) in [6, 6.07) is -0.0529. The number of carbonyl (C=O) groups excluding carboxylic acids is 1. The summed E-state index contributed by atoms with van der Waals surface area (Å²) in [5.74, 6) is 0.396. The number of hydrogen-bond acceptors (Lipinski definition) is 6. The molecule has 1 amide bonds. The number of hydrogen-bond donors (Lipinski definition) is 3. The van der Waals surface area contributed by atoms with Gasteiger partial charge >= 0.3 is 6.01 Å². The second-order valence-electron chi connectivity index (χ2n) is 4.31. The van der Waals surface area contributed by atoms with E-state index in [1.54, 1.807) is 6.92 Å². The maximum atomic E-state index is 11.7. The van der Waals surface area contributed by atoms with Gasteiger partial charge in [0.25, 0.3) is 0 Å². The number of nitrogens with one attached hydrogen (secondary N) is 3. The zero-order chi connectivity index (χ0) is 13.5. The molecule has 0 aliphatic heterocycles. The third-order valence-corrected chi connectivity index (χ3v) is 2.16. The van der Waals surface area contributed by atoms with Crippen LogP contribution in [0.3, 0.4) is 0 Å². The monoisotopic (exact) mass is 255 g/mol. The Labute approximate surface area is 107 Å². The average molecular weight is 255 g/mol. The Hall–Kier alpha value is -1.63. The van der Waals surface area contributed by atoms with Gasteiger partial charge in [0.1, 0.15) is 6.04 Å². The van der Waals surface area contributed by atoms with Crippen molar-refractivity contribution in [1.29, 1.82) is 0 Å². The largest absolute Gasteiger partial charge is 0.407 e. The smallest absolute Gasteiger partial charge is 0.316 e. The van der Waals surface area contributed by atoms with Crippen LogP contribution in [0.1, 0.15) is 33.6 Å². The molecule has 102 valence electrons. The molecule has 7 nitrogen and oxygen atoms in total. The highest BCUT2D eigenvalue weighted by Gasteiger charge is 2.16. The molecule has 0 aromatic carbocycles. The van der Waals surface area contributed by atoms with Crippen molar-refractivity contribution in [2.45, 2.75) is 46.3 Å². The normalized spacial score (nSPS) is 12.5. The average Bonchev–Trinajstić information content (AvgIpc) is 2.73. The van der Waals surface area contributed by atoms with E-state index in [1.165, 1.54) is 0 Å². The molecule has 0 spiro atoms. The molecule has 1 heterocycles. The summed E-state index contributed by atoms with van der Waals surface area (Å²) in [6.07, 6.45) is 0. The van der Waals surface area contributed by atoms with E-state index >= 15 is 0 Å². The molecule has 1 unspecified atom stereocenters. The van der Waals surface area contributed by atoms with Gasteiger partial charge in [-0.3, -0.25) is 4.79 Å². The van der Waals surface area contributed by atoms with E-state index in [4.69, 9.17) is 4.42 Å². The van der Waals surface area contributed by atoms with E-state index in [0.717, 1.165) is 6.54 Å². The Morgan fingerprint density at radius 3 is 2.67 bits per heavy atom. The van der Waals surface area contributed by atoms with Gasteiger partial charge in [0.2, 0.25) is 11.8 Å². The van der Waals surface area contributed by atoms with Crippen LogP contribution in [-0.2, 0) is 11.3 Å². The molecule has 1 rings (SSSR count). The fraction of sp³-hybridized carbons (Fsp3) is 0.727. The number of aromatic nitrogens is 2. The summed E-state index contributed by atoms with van der Waals surface area (Å²) in [5, 5.41) is 16.4. The highest BCUT2D eigenvalue weighted by atomic mass is 16.4. The lowest BCUT2D eigenvalue weighted by Gasteiger charge is -2.14. The molecule has 0 aliphatic rings. The first-order valence-electron chi connectivity index (χ1n) is 6.13. The van der Waals surface area contributed by atoms with E-state index in [9.17, 15) is 4.79 Å². The van der Waals surface area contributed by atoms with E-state index < -0.39 is 6.04 Å². The molecule has 3 N–H and O–H groups in total. The topological polar surface area (TPSA) is 92.1 Å². The molecule has 7 heteroatoms. The van der Waals surface area contributed by atoms with Crippen LogP contribution in [0.4, 0.5) is 6.01 Å². The van der Waals surface area contributed by atoms with Crippen LogP contribution in [0.2, 0.25) is 0 Å². The number of nitrogens with zero attached hydrogens (tertiary/aromatic N) is 2. The summed E-state index contributed by atoms with van der Waals surface area (Å²) in [5.41, 5.74) is 0. The molecule has 0 bridgehead atoms. The van der Waals surface area contributed by atoms with E-state index in [1.807, 2.05) is 20.8 Å². The number of anilines is 1. The SMILES string of the molecule is CCNCc1nnc(NC(C)C(=O)NC(C)C)o1. The molecular weight excluding hydrogens is 234 g/mol. The highest BCUT2D eigenvalue weighted by Crippen LogP contribution is 2.06. The number of carbonyl (C=O) groups is 1. The molecule has 0 radical (unpaired) electrons. The van der Waals surface area contributed by atoms with Crippen molar-refractivity contribution >= 4 is 11.9 Å². The third-order valence-electron chi connectivity index (χ3n) is 2.16. The van der Waals surface area contributed by atoms with Crippen molar-refractivity contribution in [3.63, 3.8) is 0 Å². The van der Waals surface area contributed by atoms with Crippen LogP contribution < -0.4 is 16.0 Å². The summed E-state index contributed by atoms with van der Waals surface area (Å²) >= 11 is 0. The summed E-state index contributed by atoms with van der Waals surface area (Å²) < 4.78 is 5.34. The lowest BCUT2D eigenvalue weighted by atomic mass is 10.3. The van der Waals surface area contributed by atoms with E-state index in [0.29, 0.717) is 12.4 Å². The molecule has 1 aromatic rings. The quantitative estimate of drug-likeness (QED) is 0.657. The van der Waals surface area contributed by atoms with Crippen molar-refractivity contribution in [3.05, 3.63) is 5.89 Å². The molecule has 18 heavy (non-hydrogen) atoms. The van der Waals surface area contributed by atoms with E-state index in [-0.39, 0.29) is 18.0 Å². The van der Waals surface area contributed by atoms with Crippen LogP contribution in [0.15, 0.2) is 4.42 Å². The minimum atomic E-state index is -0.417. The molecule has 0 saturated carbocycles. The van der Waals surface area contributed by atoms with Crippen molar-refractivity contribution in [2.75, 3.05) is 11.9 Å². The van der Waals surface area contributed by atoms with Gasteiger partial charge in [0.15, 0.2) is 0 Å². The van der Waals surface area contributed by atoms with Crippen LogP contribution in [0, 0.1) is 0 Å². The maximum absolute atomic E-state index is 11.7.